The average Bonchev–Trinajstić information content (AvgIpc) is 2.80. The number of hydrogen-bond donors (Lipinski definition) is 1. The first-order chi connectivity index (χ1) is 8.29. The molecule has 3 nitrogen and oxygen atoms in total. The summed E-state index contributed by atoms with van der Waals surface area (Å²) in [6.07, 6.45) is 2.41. The van der Waals surface area contributed by atoms with E-state index in [1.54, 1.807) is 12.3 Å². The van der Waals surface area contributed by atoms with Crippen molar-refractivity contribution in [3.63, 3.8) is 0 Å². The summed E-state index contributed by atoms with van der Waals surface area (Å²) >= 11 is 7.46. The number of benzene rings is 1. The van der Waals surface area contributed by atoms with E-state index in [9.17, 15) is 0 Å². The number of para-hydroxylation sites is 1. The van der Waals surface area contributed by atoms with Gasteiger partial charge in [-0.2, -0.15) is 0 Å². The van der Waals surface area contributed by atoms with Crippen molar-refractivity contribution in [1.82, 2.24) is 4.98 Å². The van der Waals surface area contributed by atoms with Crippen LogP contribution in [-0.4, -0.2) is 16.7 Å². The smallest absolute Gasteiger partial charge is 0.137 e. The number of aliphatic hydroxyl groups is 1. The second-order valence-electron chi connectivity index (χ2n) is 3.41. The number of halogens is 1. The predicted octanol–water partition coefficient (Wildman–Crippen LogP) is 2.91. The van der Waals surface area contributed by atoms with Crippen LogP contribution in [0, 0.1) is 0 Å². The van der Waals surface area contributed by atoms with E-state index in [0.717, 1.165) is 16.3 Å². The lowest BCUT2D eigenvalue weighted by atomic mass is 10.3. The molecule has 1 heterocycles. The average molecular weight is 270 g/mol. The summed E-state index contributed by atoms with van der Waals surface area (Å²) in [7, 11) is 0. The van der Waals surface area contributed by atoms with Gasteiger partial charge in [-0.15, -0.1) is 11.3 Å². The molecule has 1 N–H and O–H groups in total. The third-order valence-corrected chi connectivity index (χ3v) is 3.52. The molecule has 0 aliphatic heterocycles. The molecule has 0 aliphatic carbocycles. The van der Waals surface area contributed by atoms with Crippen LogP contribution >= 0.6 is 22.9 Å². The highest BCUT2D eigenvalue weighted by Crippen LogP contribution is 2.23. The lowest BCUT2D eigenvalue weighted by Gasteiger charge is -2.05. The minimum Gasteiger partial charge on any atom is -0.492 e. The van der Waals surface area contributed by atoms with Gasteiger partial charge < -0.3 is 9.84 Å². The summed E-state index contributed by atoms with van der Waals surface area (Å²) in [5, 5.41) is 10.5. The molecule has 0 atom stereocenters. The van der Waals surface area contributed by atoms with Gasteiger partial charge in [-0.25, -0.2) is 4.98 Å². The van der Waals surface area contributed by atoms with Gasteiger partial charge in [0.1, 0.15) is 5.75 Å². The Balaban J connectivity index is 1.85. The van der Waals surface area contributed by atoms with Crippen molar-refractivity contribution < 1.29 is 9.84 Å². The summed E-state index contributed by atoms with van der Waals surface area (Å²) in [5.74, 6) is 0.688. The van der Waals surface area contributed by atoms with E-state index >= 15 is 0 Å². The van der Waals surface area contributed by atoms with E-state index in [-0.39, 0.29) is 6.61 Å². The van der Waals surface area contributed by atoms with E-state index in [1.807, 2.05) is 18.2 Å². The highest BCUT2D eigenvalue weighted by atomic mass is 35.5. The van der Waals surface area contributed by atoms with Crippen LogP contribution in [0.5, 0.6) is 5.75 Å². The Morgan fingerprint density at radius 3 is 2.88 bits per heavy atom. The van der Waals surface area contributed by atoms with Gasteiger partial charge in [0.25, 0.3) is 0 Å². The second-order valence-corrected chi connectivity index (χ2v) is 5.01. The van der Waals surface area contributed by atoms with Crippen molar-refractivity contribution in [2.75, 3.05) is 6.61 Å². The van der Waals surface area contributed by atoms with Crippen LogP contribution in [0.3, 0.4) is 0 Å². The molecule has 0 unspecified atom stereocenters. The minimum atomic E-state index is 0.0447. The molecule has 2 aromatic rings. The molecule has 17 heavy (non-hydrogen) atoms. The van der Waals surface area contributed by atoms with Crippen molar-refractivity contribution >= 4 is 22.9 Å². The number of ether oxygens (including phenoxy) is 1. The zero-order valence-electron chi connectivity index (χ0n) is 9.10. The van der Waals surface area contributed by atoms with Crippen LogP contribution in [0.25, 0.3) is 0 Å². The van der Waals surface area contributed by atoms with Gasteiger partial charge >= 0.3 is 0 Å². The lowest BCUT2D eigenvalue weighted by Crippen LogP contribution is -2.01. The van der Waals surface area contributed by atoms with Gasteiger partial charge in [0.2, 0.25) is 0 Å². The van der Waals surface area contributed by atoms with Gasteiger partial charge in [-0.05, 0) is 12.1 Å². The molecule has 0 bridgehead atoms. The zero-order chi connectivity index (χ0) is 12.1. The molecule has 0 aliphatic rings. The molecule has 0 saturated heterocycles. The molecule has 90 valence electrons. The fourth-order valence-corrected chi connectivity index (χ4v) is 2.30. The highest BCUT2D eigenvalue weighted by molar-refractivity contribution is 7.11. The van der Waals surface area contributed by atoms with Crippen LogP contribution in [0.1, 0.15) is 9.88 Å². The van der Waals surface area contributed by atoms with E-state index in [2.05, 4.69) is 4.98 Å². The summed E-state index contributed by atoms with van der Waals surface area (Å²) in [4.78, 5) is 5.06. The summed E-state index contributed by atoms with van der Waals surface area (Å²) in [6.45, 7) is 0.575. The molecule has 0 fully saturated rings. The SMILES string of the molecule is OCc1cnc(CCOc2ccccc2Cl)s1. The monoisotopic (exact) mass is 269 g/mol. The molecular formula is C12H12ClNO2S. The number of aromatic nitrogens is 1. The summed E-state index contributed by atoms with van der Waals surface area (Å²) < 4.78 is 5.56. The standard InChI is InChI=1S/C12H12ClNO2S/c13-10-3-1-2-4-11(10)16-6-5-12-14-7-9(8-15)17-12/h1-4,7,15H,5-6,8H2. The van der Waals surface area contributed by atoms with Gasteiger partial charge in [0.05, 0.1) is 28.1 Å². The molecule has 0 spiro atoms. The van der Waals surface area contributed by atoms with Crippen molar-refractivity contribution in [2.24, 2.45) is 0 Å². The fourth-order valence-electron chi connectivity index (χ4n) is 1.35. The van der Waals surface area contributed by atoms with Crippen molar-refractivity contribution in [2.45, 2.75) is 13.0 Å². The minimum absolute atomic E-state index is 0.0447. The quantitative estimate of drug-likeness (QED) is 0.908. The molecule has 0 saturated carbocycles. The van der Waals surface area contributed by atoms with Crippen LogP contribution in [0.2, 0.25) is 5.02 Å². The Morgan fingerprint density at radius 1 is 1.35 bits per heavy atom. The topological polar surface area (TPSA) is 42.4 Å². The number of hydrogen-bond acceptors (Lipinski definition) is 4. The first-order valence-electron chi connectivity index (χ1n) is 5.21. The molecule has 1 aromatic heterocycles. The Kier molecular flexibility index (Phi) is 4.36. The van der Waals surface area contributed by atoms with E-state index in [0.29, 0.717) is 17.4 Å². The number of thiazole rings is 1. The Morgan fingerprint density at radius 2 is 2.18 bits per heavy atom. The maximum Gasteiger partial charge on any atom is 0.137 e. The van der Waals surface area contributed by atoms with Crippen LogP contribution in [0.15, 0.2) is 30.5 Å². The molecule has 2 rings (SSSR count). The van der Waals surface area contributed by atoms with E-state index < -0.39 is 0 Å². The van der Waals surface area contributed by atoms with E-state index in [1.165, 1.54) is 11.3 Å². The lowest BCUT2D eigenvalue weighted by molar-refractivity contribution is 0.285. The molecular weight excluding hydrogens is 258 g/mol. The van der Waals surface area contributed by atoms with Gasteiger partial charge in [-0.1, -0.05) is 23.7 Å². The largest absolute Gasteiger partial charge is 0.492 e. The maximum absolute atomic E-state index is 8.91. The Bertz CT molecular complexity index is 487. The second kappa shape index (κ2) is 6.00. The van der Waals surface area contributed by atoms with Crippen LogP contribution < -0.4 is 4.74 Å². The fraction of sp³-hybridized carbons (Fsp3) is 0.250. The van der Waals surface area contributed by atoms with Crippen molar-refractivity contribution in [3.8, 4) is 5.75 Å². The first kappa shape index (κ1) is 12.4. The maximum atomic E-state index is 8.91. The summed E-state index contributed by atoms with van der Waals surface area (Å²) in [6, 6.07) is 7.38. The molecule has 5 heteroatoms. The molecule has 0 amide bonds. The van der Waals surface area contributed by atoms with Gasteiger partial charge in [0.15, 0.2) is 0 Å². The normalized spacial score (nSPS) is 10.5. The third kappa shape index (κ3) is 3.43. The van der Waals surface area contributed by atoms with Crippen LogP contribution in [0.4, 0.5) is 0 Å². The molecule has 0 radical (unpaired) electrons. The van der Waals surface area contributed by atoms with E-state index in [4.69, 9.17) is 21.4 Å². The Labute approximate surface area is 109 Å². The number of aliphatic hydroxyl groups excluding tert-OH is 1. The van der Waals surface area contributed by atoms with Crippen molar-refractivity contribution in [1.29, 1.82) is 0 Å². The third-order valence-electron chi connectivity index (χ3n) is 2.17. The van der Waals surface area contributed by atoms with Crippen molar-refractivity contribution in [3.05, 3.63) is 45.4 Å². The predicted molar refractivity (Wildman–Crippen MR) is 68.7 cm³/mol. The summed E-state index contributed by atoms with van der Waals surface area (Å²) in [5.41, 5.74) is 0. The Hall–Kier alpha value is -1.10. The number of nitrogens with zero attached hydrogens (tertiary/aromatic N) is 1. The van der Waals surface area contributed by atoms with Crippen LogP contribution in [-0.2, 0) is 13.0 Å². The first-order valence-corrected chi connectivity index (χ1v) is 6.41. The van der Waals surface area contributed by atoms with Gasteiger partial charge in [0, 0.05) is 12.6 Å². The number of rotatable bonds is 5. The highest BCUT2D eigenvalue weighted by Gasteiger charge is 2.03. The molecule has 1 aromatic carbocycles. The zero-order valence-corrected chi connectivity index (χ0v) is 10.7. The van der Waals surface area contributed by atoms with Gasteiger partial charge in [-0.3, -0.25) is 0 Å².